The van der Waals surface area contributed by atoms with Gasteiger partial charge in [0.05, 0.1) is 18.5 Å². The van der Waals surface area contributed by atoms with E-state index in [1.54, 1.807) is 27.0 Å². The molecule has 1 aromatic heterocycles. The van der Waals surface area contributed by atoms with Crippen molar-refractivity contribution in [2.24, 2.45) is 23.5 Å². The Morgan fingerprint density at radius 3 is 2.26 bits per heavy atom. The summed E-state index contributed by atoms with van der Waals surface area (Å²) in [5.74, 6) is 0.0456. The van der Waals surface area contributed by atoms with Crippen LogP contribution in [-0.4, -0.2) is 69.4 Å². The number of nitrogens with one attached hydrogen (secondary N) is 4. The number of nitrogens with two attached hydrogens (primary N) is 1. The van der Waals surface area contributed by atoms with Crippen molar-refractivity contribution in [3.8, 4) is 0 Å². The van der Waals surface area contributed by atoms with Gasteiger partial charge < -0.3 is 36.5 Å². The maximum absolute atomic E-state index is 14.1. The maximum Gasteiger partial charge on any atom is 0.408 e. The van der Waals surface area contributed by atoms with Gasteiger partial charge in [0.1, 0.15) is 17.7 Å². The van der Waals surface area contributed by atoms with Gasteiger partial charge in [-0.1, -0.05) is 76.3 Å². The van der Waals surface area contributed by atoms with Crippen LogP contribution in [-0.2, 0) is 27.2 Å². The highest BCUT2D eigenvalue weighted by Crippen LogP contribution is 2.30. The Morgan fingerprint density at radius 2 is 1.66 bits per heavy atom. The van der Waals surface area contributed by atoms with Crippen molar-refractivity contribution >= 4 is 17.9 Å². The van der Waals surface area contributed by atoms with Crippen LogP contribution in [0.15, 0.2) is 42.9 Å². The lowest BCUT2D eigenvalue weighted by Crippen LogP contribution is -2.57. The van der Waals surface area contributed by atoms with E-state index in [-0.39, 0.29) is 18.8 Å². The molecule has 7 N–H and O–H groups in total. The number of rotatable bonds is 17. The summed E-state index contributed by atoms with van der Waals surface area (Å²) < 4.78 is 5.45. The van der Waals surface area contributed by atoms with Gasteiger partial charge in [0.2, 0.25) is 11.8 Å². The number of carbonyl (C=O) groups is 3. The second kappa shape index (κ2) is 18.8. The smallest absolute Gasteiger partial charge is 0.408 e. The molecule has 0 unspecified atom stereocenters. The van der Waals surface area contributed by atoms with Gasteiger partial charge in [-0.05, 0) is 69.9 Å². The number of imidazole rings is 1. The molecule has 0 saturated heterocycles. The number of aromatic nitrogens is 2. The Morgan fingerprint density at radius 1 is 1.00 bits per heavy atom. The summed E-state index contributed by atoms with van der Waals surface area (Å²) in [5.41, 5.74) is 6.65. The molecule has 1 aliphatic rings. The molecule has 2 aromatic rings. The van der Waals surface area contributed by atoms with Crippen molar-refractivity contribution in [2.45, 2.75) is 129 Å². The molecule has 1 heterocycles. The number of hydrogen-bond donors (Lipinski definition) is 6. The third-order valence-corrected chi connectivity index (χ3v) is 9.03. The summed E-state index contributed by atoms with van der Waals surface area (Å²) in [5, 5.41) is 20.3. The summed E-state index contributed by atoms with van der Waals surface area (Å²) >= 11 is 0. The molecule has 11 heteroatoms. The number of amides is 3. The first-order valence-electron chi connectivity index (χ1n) is 17.3. The minimum atomic E-state index is -1.00. The number of carbonyl (C=O) groups excluding carboxylic acids is 3. The molecule has 47 heavy (non-hydrogen) atoms. The minimum Gasteiger partial charge on any atom is -0.444 e. The largest absolute Gasteiger partial charge is 0.444 e. The van der Waals surface area contributed by atoms with Crippen molar-refractivity contribution < 1.29 is 24.2 Å². The third-order valence-electron chi connectivity index (χ3n) is 9.03. The SMILES string of the molecule is CC(C)[C@@H](CCN)C[C@H](O)[C@H](CC1CCCCC1)NC(=O)[C@H](Cc1cnc[nH]1)NC(=O)[C@H](Cc1ccccc1)NC(=O)OC(C)(C)C. The predicted molar refractivity (Wildman–Crippen MR) is 183 cm³/mol. The van der Waals surface area contributed by atoms with Crippen LogP contribution in [0, 0.1) is 17.8 Å². The van der Waals surface area contributed by atoms with Crippen molar-refractivity contribution in [3.05, 3.63) is 54.1 Å². The van der Waals surface area contributed by atoms with Crippen LogP contribution < -0.4 is 21.7 Å². The first-order chi connectivity index (χ1) is 22.3. The van der Waals surface area contributed by atoms with Crippen LogP contribution in [0.1, 0.15) is 97.2 Å². The molecule has 1 fully saturated rings. The lowest BCUT2D eigenvalue weighted by Gasteiger charge is -2.34. The predicted octanol–water partition coefficient (Wildman–Crippen LogP) is 4.40. The molecule has 0 bridgehead atoms. The lowest BCUT2D eigenvalue weighted by molar-refractivity contribution is -0.131. The molecule has 1 saturated carbocycles. The molecule has 3 rings (SSSR count). The van der Waals surface area contributed by atoms with Crippen molar-refractivity contribution in [3.63, 3.8) is 0 Å². The lowest BCUT2D eigenvalue weighted by atomic mass is 9.80. The highest BCUT2D eigenvalue weighted by atomic mass is 16.6. The highest BCUT2D eigenvalue weighted by molar-refractivity contribution is 5.91. The number of ether oxygens (including phenoxy) is 1. The quantitative estimate of drug-likeness (QED) is 0.147. The van der Waals surface area contributed by atoms with E-state index in [1.165, 1.54) is 12.7 Å². The average Bonchev–Trinajstić information content (AvgIpc) is 3.53. The Kier molecular flexibility index (Phi) is 15.2. The summed E-state index contributed by atoms with van der Waals surface area (Å²) in [4.78, 5) is 47.9. The van der Waals surface area contributed by atoms with E-state index in [1.807, 2.05) is 30.3 Å². The zero-order chi connectivity index (χ0) is 34.4. The number of benzene rings is 1. The number of aromatic amines is 1. The second-order valence-electron chi connectivity index (χ2n) is 14.5. The summed E-state index contributed by atoms with van der Waals surface area (Å²) in [6.45, 7) is 10.1. The standard InChI is InChI=1S/C36H58N6O5/c1-24(2)27(16-17-37)20-32(43)29(18-25-12-8-6-9-13-25)40-34(45)31(21-28-22-38-23-39-28)41-33(44)30(19-26-14-10-7-11-15-26)42-35(46)47-36(3,4)5/h7,10-11,14-15,22-25,27,29-32,43H,6,8-9,12-13,16-21,37H2,1-5H3,(H,38,39)(H,40,45)(H,41,44)(H,42,46)/t27-,29-,30-,31-,32-/m0/s1. The van der Waals surface area contributed by atoms with E-state index in [2.05, 4.69) is 39.8 Å². The van der Waals surface area contributed by atoms with Crippen LogP contribution in [0.3, 0.4) is 0 Å². The summed E-state index contributed by atoms with van der Waals surface area (Å²) in [7, 11) is 0. The molecule has 0 radical (unpaired) electrons. The second-order valence-corrected chi connectivity index (χ2v) is 14.5. The topological polar surface area (TPSA) is 171 Å². The van der Waals surface area contributed by atoms with Crippen LogP contribution in [0.4, 0.5) is 4.79 Å². The highest BCUT2D eigenvalue weighted by Gasteiger charge is 2.33. The van der Waals surface area contributed by atoms with E-state index >= 15 is 0 Å². The van der Waals surface area contributed by atoms with Gasteiger partial charge in [-0.3, -0.25) is 9.59 Å². The summed E-state index contributed by atoms with van der Waals surface area (Å²) in [6.07, 6.45) is 9.64. The normalized spacial score (nSPS) is 17.3. The van der Waals surface area contributed by atoms with Crippen LogP contribution in [0.2, 0.25) is 0 Å². The van der Waals surface area contributed by atoms with E-state index in [4.69, 9.17) is 10.5 Å². The van der Waals surface area contributed by atoms with Gasteiger partial charge >= 0.3 is 6.09 Å². The zero-order valence-corrected chi connectivity index (χ0v) is 29.0. The molecule has 262 valence electrons. The van der Waals surface area contributed by atoms with Crippen molar-refractivity contribution in [1.29, 1.82) is 0 Å². The van der Waals surface area contributed by atoms with Gasteiger partial charge in [0.15, 0.2) is 0 Å². The molecule has 0 aliphatic heterocycles. The Balaban J connectivity index is 1.84. The van der Waals surface area contributed by atoms with E-state index in [0.717, 1.165) is 37.7 Å². The third kappa shape index (κ3) is 13.7. The molecule has 11 nitrogen and oxygen atoms in total. The van der Waals surface area contributed by atoms with Crippen LogP contribution in [0.25, 0.3) is 0 Å². The number of H-pyrrole nitrogens is 1. The van der Waals surface area contributed by atoms with E-state index in [0.29, 0.717) is 36.9 Å². The summed E-state index contributed by atoms with van der Waals surface area (Å²) in [6, 6.07) is 6.87. The molecule has 0 spiro atoms. The Bertz CT molecular complexity index is 1210. The van der Waals surface area contributed by atoms with Gasteiger partial charge in [-0.15, -0.1) is 0 Å². The first kappa shape index (κ1) is 38.0. The molecule has 1 aromatic carbocycles. The molecular formula is C36H58N6O5. The fourth-order valence-corrected chi connectivity index (χ4v) is 6.40. The van der Waals surface area contributed by atoms with Crippen LogP contribution >= 0.6 is 0 Å². The maximum atomic E-state index is 14.1. The zero-order valence-electron chi connectivity index (χ0n) is 29.0. The Hall–Kier alpha value is -3.44. The molecule has 3 amide bonds. The molecule has 1 aliphatic carbocycles. The van der Waals surface area contributed by atoms with Gasteiger partial charge in [0.25, 0.3) is 0 Å². The molecular weight excluding hydrogens is 596 g/mol. The van der Waals surface area contributed by atoms with Gasteiger partial charge in [0, 0.05) is 24.7 Å². The first-order valence-corrected chi connectivity index (χ1v) is 17.3. The monoisotopic (exact) mass is 654 g/mol. The number of nitrogens with zero attached hydrogens (tertiary/aromatic N) is 1. The fraction of sp³-hybridized carbons (Fsp3) is 0.667. The Labute approximate surface area is 280 Å². The molecule has 5 atom stereocenters. The van der Waals surface area contributed by atoms with Gasteiger partial charge in [-0.2, -0.15) is 0 Å². The fourth-order valence-electron chi connectivity index (χ4n) is 6.40. The number of aliphatic hydroxyl groups is 1. The van der Waals surface area contributed by atoms with Gasteiger partial charge in [-0.25, -0.2) is 9.78 Å². The number of aliphatic hydroxyl groups excluding tert-OH is 1. The van der Waals surface area contributed by atoms with E-state index in [9.17, 15) is 19.5 Å². The average molecular weight is 655 g/mol. The van der Waals surface area contributed by atoms with E-state index < -0.39 is 47.7 Å². The van der Waals surface area contributed by atoms with Crippen LogP contribution in [0.5, 0.6) is 0 Å². The number of hydrogen-bond acceptors (Lipinski definition) is 7. The van der Waals surface area contributed by atoms with Crippen molar-refractivity contribution in [1.82, 2.24) is 25.9 Å². The van der Waals surface area contributed by atoms with Crippen molar-refractivity contribution in [2.75, 3.05) is 6.54 Å². The minimum absolute atomic E-state index is 0.149. The number of alkyl carbamates (subject to hydrolysis) is 1.